The van der Waals surface area contributed by atoms with Gasteiger partial charge in [0.25, 0.3) is 0 Å². The van der Waals surface area contributed by atoms with Crippen molar-refractivity contribution in [2.45, 2.75) is 11.8 Å². The molecular formula is C10H10BrIN2S. The highest BCUT2D eigenvalue weighted by molar-refractivity contribution is 14.1. The molecule has 0 N–H and O–H groups in total. The van der Waals surface area contributed by atoms with Crippen molar-refractivity contribution < 1.29 is 0 Å². The third kappa shape index (κ3) is 2.29. The molecule has 1 atom stereocenters. The van der Waals surface area contributed by atoms with Gasteiger partial charge in [-0.15, -0.1) is 11.3 Å². The summed E-state index contributed by atoms with van der Waals surface area (Å²) < 4.78 is 3.07. The second-order valence-corrected chi connectivity index (χ2v) is 6.58. The zero-order chi connectivity index (χ0) is 11.0. The summed E-state index contributed by atoms with van der Waals surface area (Å²) in [5.74, 6) is 0. The molecule has 80 valence electrons. The lowest BCUT2D eigenvalue weighted by molar-refractivity contribution is 0.746. The van der Waals surface area contributed by atoms with Crippen LogP contribution in [0.4, 0.5) is 0 Å². The molecule has 0 radical (unpaired) electrons. The molecule has 0 bridgehead atoms. The van der Waals surface area contributed by atoms with Crippen LogP contribution < -0.4 is 0 Å². The fourth-order valence-electron chi connectivity index (χ4n) is 1.35. The Labute approximate surface area is 115 Å². The van der Waals surface area contributed by atoms with Crippen LogP contribution in [0, 0.1) is 10.6 Å². The van der Waals surface area contributed by atoms with Gasteiger partial charge in [0.2, 0.25) is 0 Å². The van der Waals surface area contributed by atoms with Crippen molar-refractivity contribution in [1.29, 1.82) is 0 Å². The fourth-order valence-corrected chi connectivity index (χ4v) is 4.00. The zero-order valence-corrected chi connectivity index (χ0v) is 12.9. The van der Waals surface area contributed by atoms with Gasteiger partial charge >= 0.3 is 0 Å². The van der Waals surface area contributed by atoms with Crippen molar-refractivity contribution in [3.05, 3.63) is 37.3 Å². The van der Waals surface area contributed by atoms with E-state index in [0.717, 1.165) is 0 Å². The zero-order valence-electron chi connectivity index (χ0n) is 8.37. The summed E-state index contributed by atoms with van der Waals surface area (Å²) in [6.45, 7) is 2.13. The van der Waals surface area contributed by atoms with Crippen LogP contribution in [0.25, 0.3) is 0 Å². The first-order valence-corrected chi connectivity index (χ1v) is 7.28. The molecule has 0 fully saturated rings. The van der Waals surface area contributed by atoms with Gasteiger partial charge in [-0.3, -0.25) is 4.68 Å². The van der Waals surface area contributed by atoms with E-state index in [-0.39, 0.29) is 4.83 Å². The molecule has 0 saturated heterocycles. The average molecular weight is 397 g/mol. The van der Waals surface area contributed by atoms with Crippen LogP contribution in [0.1, 0.15) is 20.1 Å². The maximum absolute atomic E-state index is 4.25. The molecule has 2 heterocycles. The van der Waals surface area contributed by atoms with E-state index in [1.54, 1.807) is 0 Å². The highest BCUT2D eigenvalue weighted by Crippen LogP contribution is 2.36. The number of hydrogen-bond acceptors (Lipinski definition) is 2. The number of alkyl halides is 1. The van der Waals surface area contributed by atoms with Crippen molar-refractivity contribution in [2.24, 2.45) is 7.05 Å². The van der Waals surface area contributed by atoms with Crippen molar-refractivity contribution in [1.82, 2.24) is 9.78 Å². The Morgan fingerprint density at radius 2 is 2.27 bits per heavy atom. The largest absolute Gasteiger partial charge is 0.262 e. The lowest BCUT2D eigenvalue weighted by Gasteiger charge is -2.05. The van der Waals surface area contributed by atoms with Crippen LogP contribution in [0.2, 0.25) is 0 Å². The minimum absolute atomic E-state index is 0.261. The van der Waals surface area contributed by atoms with Gasteiger partial charge in [-0.2, -0.15) is 5.10 Å². The van der Waals surface area contributed by atoms with E-state index < -0.39 is 0 Å². The number of rotatable bonds is 2. The molecule has 0 aliphatic carbocycles. The number of nitrogens with zero attached hydrogens (tertiary/aromatic N) is 2. The Kier molecular flexibility index (Phi) is 3.52. The van der Waals surface area contributed by atoms with Crippen LogP contribution in [-0.4, -0.2) is 9.78 Å². The van der Waals surface area contributed by atoms with Crippen LogP contribution in [-0.2, 0) is 7.05 Å². The van der Waals surface area contributed by atoms with Crippen molar-refractivity contribution in [3.8, 4) is 0 Å². The van der Waals surface area contributed by atoms with Crippen molar-refractivity contribution in [2.75, 3.05) is 0 Å². The number of halogens is 2. The van der Waals surface area contributed by atoms with Crippen molar-refractivity contribution >= 4 is 49.9 Å². The molecule has 1 unspecified atom stereocenters. The van der Waals surface area contributed by atoms with E-state index in [2.05, 4.69) is 62.7 Å². The van der Waals surface area contributed by atoms with Crippen LogP contribution >= 0.6 is 49.9 Å². The van der Waals surface area contributed by atoms with Gasteiger partial charge in [-0.1, -0.05) is 15.9 Å². The minimum atomic E-state index is 0.261. The molecule has 0 aliphatic rings. The number of hydrogen-bond donors (Lipinski definition) is 0. The van der Waals surface area contributed by atoms with Crippen LogP contribution in [0.5, 0.6) is 0 Å². The Morgan fingerprint density at radius 1 is 1.53 bits per heavy atom. The second-order valence-electron chi connectivity index (χ2n) is 3.33. The molecule has 0 saturated carbocycles. The Bertz CT molecular complexity index is 477. The monoisotopic (exact) mass is 396 g/mol. The average Bonchev–Trinajstić information content (AvgIpc) is 2.75. The SMILES string of the molecule is Cc1ccc(C(Br)c2cnn(C)c2I)s1. The van der Waals surface area contributed by atoms with Gasteiger partial charge < -0.3 is 0 Å². The summed E-state index contributed by atoms with van der Waals surface area (Å²) in [6, 6.07) is 4.32. The van der Waals surface area contributed by atoms with Gasteiger partial charge in [-0.25, -0.2) is 0 Å². The van der Waals surface area contributed by atoms with E-state index in [1.807, 2.05) is 29.3 Å². The predicted molar refractivity (Wildman–Crippen MR) is 75.8 cm³/mol. The fraction of sp³-hybridized carbons (Fsp3) is 0.300. The molecule has 15 heavy (non-hydrogen) atoms. The lowest BCUT2D eigenvalue weighted by Crippen LogP contribution is -1.95. The first-order valence-electron chi connectivity index (χ1n) is 4.47. The summed E-state index contributed by atoms with van der Waals surface area (Å²) in [5.41, 5.74) is 1.24. The molecule has 2 nitrogen and oxygen atoms in total. The van der Waals surface area contributed by atoms with Crippen LogP contribution in [0.3, 0.4) is 0 Å². The standard InChI is InChI=1S/C10H10BrIN2S/c1-6-3-4-8(15-6)9(11)7-5-13-14(2)10(7)12/h3-5,9H,1-2H3. The molecule has 2 aromatic heterocycles. The Balaban J connectivity index is 2.36. The number of aromatic nitrogens is 2. The van der Waals surface area contributed by atoms with E-state index in [4.69, 9.17) is 0 Å². The highest BCUT2D eigenvalue weighted by atomic mass is 127. The maximum Gasteiger partial charge on any atom is 0.103 e. The lowest BCUT2D eigenvalue weighted by atomic mass is 10.2. The van der Waals surface area contributed by atoms with Crippen LogP contribution in [0.15, 0.2) is 18.3 Å². The summed E-state index contributed by atoms with van der Waals surface area (Å²) in [5, 5.41) is 4.25. The normalized spacial score (nSPS) is 13.1. The topological polar surface area (TPSA) is 17.8 Å². The maximum atomic E-state index is 4.25. The second kappa shape index (κ2) is 4.55. The summed E-state index contributed by atoms with van der Waals surface area (Å²) in [6.07, 6.45) is 1.93. The van der Waals surface area contributed by atoms with Gasteiger partial charge in [0.1, 0.15) is 3.70 Å². The van der Waals surface area contributed by atoms with E-state index >= 15 is 0 Å². The predicted octanol–water partition coefficient (Wildman–Crippen LogP) is 3.88. The molecule has 5 heteroatoms. The number of thiophene rings is 1. The molecule has 0 aromatic carbocycles. The quantitative estimate of drug-likeness (QED) is 0.556. The van der Waals surface area contributed by atoms with E-state index in [9.17, 15) is 0 Å². The Morgan fingerprint density at radius 3 is 2.73 bits per heavy atom. The third-order valence-corrected chi connectivity index (χ3v) is 5.85. The van der Waals surface area contributed by atoms with Crippen molar-refractivity contribution in [3.63, 3.8) is 0 Å². The summed E-state index contributed by atoms with van der Waals surface area (Å²) in [4.78, 5) is 2.93. The molecular weight excluding hydrogens is 387 g/mol. The molecule has 2 rings (SSSR count). The van der Waals surface area contributed by atoms with E-state index in [1.165, 1.54) is 19.0 Å². The van der Waals surface area contributed by atoms with Gasteiger partial charge in [-0.05, 0) is 41.6 Å². The van der Waals surface area contributed by atoms with E-state index in [0.29, 0.717) is 0 Å². The van der Waals surface area contributed by atoms with Gasteiger partial charge in [0.15, 0.2) is 0 Å². The number of aryl methyl sites for hydroxylation is 2. The molecule has 0 aliphatic heterocycles. The molecule has 0 amide bonds. The Hall–Kier alpha value is 0.120. The molecule has 0 spiro atoms. The minimum Gasteiger partial charge on any atom is -0.262 e. The first kappa shape index (κ1) is 11.6. The van der Waals surface area contributed by atoms with Gasteiger partial charge in [0, 0.05) is 22.4 Å². The third-order valence-electron chi connectivity index (χ3n) is 2.18. The van der Waals surface area contributed by atoms with Gasteiger partial charge in [0.05, 0.1) is 11.0 Å². The summed E-state index contributed by atoms with van der Waals surface area (Å²) in [7, 11) is 1.96. The smallest absolute Gasteiger partial charge is 0.103 e. The summed E-state index contributed by atoms with van der Waals surface area (Å²) >= 11 is 7.87. The highest BCUT2D eigenvalue weighted by Gasteiger charge is 2.17. The molecule has 2 aromatic rings. The first-order chi connectivity index (χ1) is 7.09.